The molecule has 2 nitrogen and oxygen atoms in total. The molecule has 0 radical (unpaired) electrons. The van der Waals surface area contributed by atoms with Crippen LogP contribution in [0, 0.1) is 0 Å². The average Bonchev–Trinajstić information content (AvgIpc) is 2.28. The predicted octanol–water partition coefficient (Wildman–Crippen LogP) is 3.64. The van der Waals surface area contributed by atoms with Crippen molar-refractivity contribution in [3.8, 4) is 5.75 Å². The molecule has 1 unspecified atom stereocenters. The molecule has 0 saturated carbocycles. The quantitative estimate of drug-likeness (QED) is 0.827. The molecule has 2 N–H and O–H groups in total. The van der Waals surface area contributed by atoms with Gasteiger partial charge in [0.15, 0.2) is 0 Å². The van der Waals surface area contributed by atoms with Gasteiger partial charge in [-0.25, -0.2) is 0 Å². The molecule has 1 aromatic carbocycles. The Kier molecular flexibility index (Phi) is 3.87. The topological polar surface area (TPSA) is 32.3 Å². The van der Waals surface area contributed by atoms with E-state index in [4.69, 9.17) is 0 Å². The number of piperidine rings is 1. The van der Waals surface area contributed by atoms with Crippen molar-refractivity contribution in [1.82, 2.24) is 5.32 Å². The van der Waals surface area contributed by atoms with Crippen LogP contribution in [0.4, 0.5) is 13.2 Å². The molecule has 0 aromatic heterocycles. The molecule has 0 amide bonds. The molecular weight excluding hydrogens is 311 g/mol. The molecule has 1 heterocycles. The van der Waals surface area contributed by atoms with E-state index in [1.165, 1.54) is 0 Å². The number of phenolic OH excluding ortho intramolecular Hbond substituents is 1. The van der Waals surface area contributed by atoms with Gasteiger partial charge >= 0.3 is 6.18 Å². The zero-order valence-corrected chi connectivity index (χ0v) is 11.1. The standard InChI is InChI=1S/C12H13BrF3NO/c13-9-4-8(12(14,15)16)5-10(18)11(9)7-2-1-3-17-6-7/h4-5,7,17-18H,1-3,6H2. The Morgan fingerprint density at radius 2 is 2.06 bits per heavy atom. The van der Waals surface area contributed by atoms with Crippen LogP contribution in [-0.2, 0) is 6.18 Å². The van der Waals surface area contributed by atoms with E-state index in [0.29, 0.717) is 16.6 Å². The van der Waals surface area contributed by atoms with Gasteiger partial charge in [-0.3, -0.25) is 0 Å². The maximum atomic E-state index is 12.6. The van der Waals surface area contributed by atoms with Gasteiger partial charge < -0.3 is 10.4 Å². The van der Waals surface area contributed by atoms with Crippen LogP contribution < -0.4 is 5.32 Å². The van der Waals surface area contributed by atoms with Crippen molar-refractivity contribution in [1.29, 1.82) is 0 Å². The van der Waals surface area contributed by atoms with Crippen LogP contribution in [0.2, 0.25) is 0 Å². The smallest absolute Gasteiger partial charge is 0.416 e. The van der Waals surface area contributed by atoms with Crippen molar-refractivity contribution in [3.63, 3.8) is 0 Å². The monoisotopic (exact) mass is 323 g/mol. The van der Waals surface area contributed by atoms with Crippen LogP contribution in [0.1, 0.15) is 29.9 Å². The first-order chi connectivity index (χ1) is 8.39. The number of rotatable bonds is 1. The molecule has 0 spiro atoms. The summed E-state index contributed by atoms with van der Waals surface area (Å²) in [6.07, 6.45) is -2.62. The van der Waals surface area contributed by atoms with E-state index < -0.39 is 11.7 Å². The Morgan fingerprint density at radius 1 is 1.33 bits per heavy atom. The number of halogens is 4. The minimum absolute atomic E-state index is 0.0513. The van der Waals surface area contributed by atoms with Gasteiger partial charge in [0.25, 0.3) is 0 Å². The fourth-order valence-corrected chi connectivity index (χ4v) is 3.04. The maximum Gasteiger partial charge on any atom is 0.416 e. The Hall–Kier alpha value is -0.750. The van der Waals surface area contributed by atoms with E-state index in [1.54, 1.807) is 0 Å². The van der Waals surface area contributed by atoms with Crippen LogP contribution >= 0.6 is 15.9 Å². The van der Waals surface area contributed by atoms with Gasteiger partial charge in [-0.1, -0.05) is 15.9 Å². The predicted molar refractivity (Wildman–Crippen MR) is 65.7 cm³/mol. The molecule has 1 fully saturated rings. The third kappa shape index (κ3) is 2.80. The summed E-state index contributed by atoms with van der Waals surface area (Å²) in [5.41, 5.74) is -0.269. The highest BCUT2D eigenvalue weighted by Crippen LogP contribution is 2.41. The van der Waals surface area contributed by atoms with E-state index >= 15 is 0 Å². The number of alkyl halides is 3. The summed E-state index contributed by atoms with van der Waals surface area (Å²) in [5, 5.41) is 13.0. The Balaban J connectivity index is 2.37. The summed E-state index contributed by atoms with van der Waals surface area (Å²) in [6, 6.07) is 1.83. The first kappa shape index (κ1) is 13.7. The van der Waals surface area contributed by atoms with Crippen molar-refractivity contribution in [3.05, 3.63) is 27.7 Å². The van der Waals surface area contributed by atoms with Crippen molar-refractivity contribution in [2.24, 2.45) is 0 Å². The largest absolute Gasteiger partial charge is 0.508 e. The zero-order valence-electron chi connectivity index (χ0n) is 9.52. The fourth-order valence-electron chi connectivity index (χ4n) is 2.27. The molecule has 1 aliphatic rings. The van der Waals surface area contributed by atoms with Crippen LogP contribution in [0.5, 0.6) is 5.75 Å². The molecule has 18 heavy (non-hydrogen) atoms. The van der Waals surface area contributed by atoms with Crippen molar-refractivity contribution >= 4 is 15.9 Å². The van der Waals surface area contributed by atoms with E-state index in [1.807, 2.05) is 0 Å². The molecule has 100 valence electrons. The molecule has 2 rings (SSSR count). The lowest BCUT2D eigenvalue weighted by Gasteiger charge is -2.25. The van der Waals surface area contributed by atoms with Gasteiger partial charge in [0, 0.05) is 22.5 Å². The first-order valence-electron chi connectivity index (χ1n) is 5.70. The third-order valence-electron chi connectivity index (χ3n) is 3.14. The number of aromatic hydroxyl groups is 1. The number of hydrogen-bond acceptors (Lipinski definition) is 2. The fraction of sp³-hybridized carbons (Fsp3) is 0.500. The Morgan fingerprint density at radius 3 is 2.56 bits per heavy atom. The van der Waals surface area contributed by atoms with Gasteiger partial charge in [0.2, 0.25) is 0 Å². The molecular formula is C12H13BrF3NO. The highest BCUT2D eigenvalue weighted by Gasteiger charge is 2.33. The van der Waals surface area contributed by atoms with Crippen molar-refractivity contribution in [2.75, 3.05) is 13.1 Å². The zero-order chi connectivity index (χ0) is 13.3. The molecule has 0 bridgehead atoms. The van der Waals surface area contributed by atoms with Crippen molar-refractivity contribution in [2.45, 2.75) is 24.9 Å². The normalized spacial score (nSPS) is 21.0. The van der Waals surface area contributed by atoms with E-state index in [2.05, 4.69) is 21.2 Å². The summed E-state index contributed by atoms with van der Waals surface area (Å²) in [4.78, 5) is 0. The lowest BCUT2D eigenvalue weighted by atomic mass is 9.90. The van der Waals surface area contributed by atoms with Crippen LogP contribution in [0.3, 0.4) is 0 Å². The summed E-state index contributed by atoms with van der Waals surface area (Å²) in [5.74, 6) is -0.235. The van der Waals surface area contributed by atoms with Gasteiger partial charge in [-0.15, -0.1) is 0 Å². The van der Waals surface area contributed by atoms with Crippen LogP contribution in [0.15, 0.2) is 16.6 Å². The SMILES string of the molecule is Oc1cc(C(F)(F)F)cc(Br)c1C1CCCNC1. The van der Waals surface area contributed by atoms with E-state index in [9.17, 15) is 18.3 Å². The van der Waals surface area contributed by atoms with Gasteiger partial charge in [-0.05, 0) is 31.5 Å². The number of phenols is 1. The Labute approximate surface area is 111 Å². The lowest BCUT2D eigenvalue weighted by Crippen LogP contribution is -2.28. The highest BCUT2D eigenvalue weighted by molar-refractivity contribution is 9.10. The summed E-state index contributed by atoms with van der Waals surface area (Å²) >= 11 is 3.14. The van der Waals surface area contributed by atoms with E-state index in [-0.39, 0.29) is 11.7 Å². The van der Waals surface area contributed by atoms with Crippen LogP contribution in [0.25, 0.3) is 0 Å². The molecule has 1 aromatic rings. The molecule has 1 saturated heterocycles. The summed E-state index contributed by atoms with van der Waals surface area (Å²) in [7, 11) is 0. The van der Waals surface area contributed by atoms with Crippen molar-refractivity contribution < 1.29 is 18.3 Å². The summed E-state index contributed by atoms with van der Waals surface area (Å²) in [6.45, 7) is 1.59. The second kappa shape index (κ2) is 5.09. The number of hydrogen-bond donors (Lipinski definition) is 2. The summed E-state index contributed by atoms with van der Waals surface area (Å²) < 4.78 is 38.1. The number of nitrogens with one attached hydrogen (secondary N) is 1. The Bertz CT molecular complexity index is 418. The highest BCUT2D eigenvalue weighted by atomic mass is 79.9. The molecule has 6 heteroatoms. The van der Waals surface area contributed by atoms with E-state index in [0.717, 1.165) is 31.5 Å². The second-order valence-corrected chi connectivity index (χ2v) is 5.29. The molecule has 0 aliphatic carbocycles. The molecule has 1 aliphatic heterocycles. The van der Waals surface area contributed by atoms with Gasteiger partial charge in [0.05, 0.1) is 5.56 Å². The second-order valence-electron chi connectivity index (χ2n) is 4.43. The first-order valence-corrected chi connectivity index (χ1v) is 6.49. The van der Waals surface area contributed by atoms with Gasteiger partial charge in [0.1, 0.15) is 5.75 Å². The van der Waals surface area contributed by atoms with Gasteiger partial charge in [-0.2, -0.15) is 13.2 Å². The average molecular weight is 324 g/mol. The third-order valence-corrected chi connectivity index (χ3v) is 3.80. The maximum absolute atomic E-state index is 12.6. The van der Waals surface area contributed by atoms with Crippen LogP contribution in [-0.4, -0.2) is 18.2 Å². The number of benzene rings is 1. The molecule has 1 atom stereocenters. The lowest BCUT2D eigenvalue weighted by molar-refractivity contribution is -0.137. The minimum atomic E-state index is -4.44. The minimum Gasteiger partial charge on any atom is -0.508 e.